The Hall–Kier alpha value is -4.14. The van der Waals surface area contributed by atoms with Crippen molar-refractivity contribution in [3.05, 3.63) is 76.2 Å². The Bertz CT molecular complexity index is 1040. The van der Waals surface area contributed by atoms with Gasteiger partial charge in [0, 0.05) is 23.9 Å². The number of nitrogens with zero attached hydrogens (tertiary/aromatic N) is 2. The van der Waals surface area contributed by atoms with E-state index >= 15 is 0 Å². The first kappa shape index (κ1) is 18.6. The zero-order valence-electron chi connectivity index (χ0n) is 14.7. The molecule has 1 amide bonds. The van der Waals surface area contributed by atoms with Crippen LogP contribution in [-0.4, -0.2) is 29.3 Å². The molecule has 2 N–H and O–H groups in total. The molecule has 28 heavy (non-hydrogen) atoms. The van der Waals surface area contributed by atoms with Gasteiger partial charge in [-0.3, -0.25) is 19.9 Å². The second kappa shape index (κ2) is 8.04. The van der Waals surface area contributed by atoms with Gasteiger partial charge in [0.25, 0.3) is 5.91 Å². The number of ether oxygens (including phenoxy) is 1. The van der Waals surface area contributed by atoms with Crippen molar-refractivity contribution >= 4 is 29.2 Å². The van der Waals surface area contributed by atoms with E-state index in [1.807, 2.05) is 0 Å². The van der Waals surface area contributed by atoms with Crippen LogP contribution < -0.4 is 10.1 Å². The minimum Gasteiger partial charge on any atom is -0.502 e. The maximum atomic E-state index is 12.1. The number of aromatic hydroxyl groups is 1. The number of aliphatic imine (C=N–C) groups is 1. The highest BCUT2D eigenvalue weighted by Crippen LogP contribution is 2.31. The van der Waals surface area contributed by atoms with Crippen LogP contribution in [0.1, 0.15) is 16.1 Å². The van der Waals surface area contributed by atoms with Crippen LogP contribution in [0, 0.1) is 10.1 Å². The fourth-order valence-electron chi connectivity index (χ4n) is 2.40. The van der Waals surface area contributed by atoms with Crippen LogP contribution in [-0.2, 0) is 0 Å². The Balaban J connectivity index is 1.82. The van der Waals surface area contributed by atoms with Crippen LogP contribution in [0.15, 0.2) is 64.2 Å². The van der Waals surface area contributed by atoms with E-state index in [1.54, 1.807) is 24.3 Å². The molecule has 9 heteroatoms. The number of para-hydroxylation sites is 1. The molecule has 0 fully saturated rings. The zero-order chi connectivity index (χ0) is 20.1. The van der Waals surface area contributed by atoms with E-state index < -0.39 is 22.3 Å². The number of methoxy groups -OCH3 is 1. The van der Waals surface area contributed by atoms with Gasteiger partial charge in [-0.05, 0) is 30.3 Å². The summed E-state index contributed by atoms with van der Waals surface area (Å²) in [5.74, 6) is -0.380. The van der Waals surface area contributed by atoms with E-state index in [1.165, 1.54) is 43.9 Å². The van der Waals surface area contributed by atoms with Gasteiger partial charge in [0.1, 0.15) is 5.75 Å². The largest absolute Gasteiger partial charge is 0.502 e. The topological polar surface area (TPSA) is 127 Å². The fraction of sp³-hybridized carbons (Fsp3) is 0.0526. The molecule has 3 aromatic rings. The maximum Gasteiger partial charge on any atom is 0.311 e. The number of nitro groups is 1. The summed E-state index contributed by atoms with van der Waals surface area (Å²) in [6, 6.07) is 12.1. The summed E-state index contributed by atoms with van der Waals surface area (Å²) in [5, 5.41) is 23.5. The molecule has 1 aromatic heterocycles. The second-order valence-electron chi connectivity index (χ2n) is 5.55. The molecule has 0 aliphatic carbocycles. The molecule has 0 radical (unpaired) electrons. The number of anilines is 1. The molecule has 0 unspecified atom stereocenters. The molecular formula is C19H15N3O6. The van der Waals surface area contributed by atoms with Gasteiger partial charge in [0.15, 0.2) is 5.76 Å². The SMILES string of the molecule is COc1cc(N=Cc2cccc([N+](=O)[O-])c2O)ccc1NC(=O)c1ccco1. The van der Waals surface area contributed by atoms with Crippen molar-refractivity contribution in [1.82, 2.24) is 0 Å². The van der Waals surface area contributed by atoms with Gasteiger partial charge in [-0.1, -0.05) is 6.07 Å². The quantitative estimate of drug-likeness (QED) is 0.379. The first-order valence-electron chi connectivity index (χ1n) is 8.03. The molecule has 9 nitrogen and oxygen atoms in total. The number of nitro benzene ring substituents is 1. The van der Waals surface area contributed by atoms with Crippen molar-refractivity contribution in [2.75, 3.05) is 12.4 Å². The predicted molar refractivity (Wildman–Crippen MR) is 102 cm³/mol. The number of phenols is 1. The van der Waals surface area contributed by atoms with Crippen LogP contribution in [0.5, 0.6) is 11.5 Å². The molecule has 0 atom stereocenters. The van der Waals surface area contributed by atoms with Crippen LogP contribution in [0.2, 0.25) is 0 Å². The van der Waals surface area contributed by atoms with E-state index in [2.05, 4.69) is 10.3 Å². The molecule has 2 aromatic carbocycles. The molecule has 0 aliphatic heterocycles. The number of phenolic OH excluding ortho intramolecular Hbond substituents is 1. The normalized spacial score (nSPS) is 10.8. The highest BCUT2D eigenvalue weighted by atomic mass is 16.6. The Kier molecular flexibility index (Phi) is 5.35. The molecule has 0 spiro atoms. The highest BCUT2D eigenvalue weighted by Gasteiger charge is 2.15. The maximum absolute atomic E-state index is 12.1. The number of nitrogens with one attached hydrogen (secondary N) is 1. The van der Waals surface area contributed by atoms with E-state index in [4.69, 9.17) is 9.15 Å². The molecule has 0 bridgehead atoms. The third kappa shape index (κ3) is 3.98. The lowest BCUT2D eigenvalue weighted by atomic mass is 10.2. The van der Waals surface area contributed by atoms with Crippen LogP contribution in [0.4, 0.5) is 17.1 Å². The molecule has 3 rings (SSSR count). The second-order valence-corrected chi connectivity index (χ2v) is 5.55. The summed E-state index contributed by atoms with van der Waals surface area (Å²) in [6.07, 6.45) is 2.70. The van der Waals surface area contributed by atoms with Gasteiger partial charge >= 0.3 is 5.69 Å². The average molecular weight is 381 g/mol. The number of benzene rings is 2. The minimum absolute atomic E-state index is 0.158. The number of hydrogen-bond donors (Lipinski definition) is 2. The molecule has 1 heterocycles. The van der Waals surface area contributed by atoms with Crippen LogP contribution in [0.25, 0.3) is 0 Å². The summed E-state index contributed by atoms with van der Waals surface area (Å²) in [6.45, 7) is 0. The molecule has 0 aliphatic rings. The Labute approximate surface area is 159 Å². The van der Waals surface area contributed by atoms with Crippen molar-refractivity contribution in [3.8, 4) is 11.5 Å². The number of rotatable bonds is 6. The lowest BCUT2D eigenvalue weighted by molar-refractivity contribution is -0.385. The first-order valence-corrected chi connectivity index (χ1v) is 8.03. The van der Waals surface area contributed by atoms with Crippen LogP contribution in [0.3, 0.4) is 0 Å². The predicted octanol–water partition coefficient (Wildman–Crippen LogP) is 3.90. The van der Waals surface area contributed by atoms with E-state index in [0.717, 1.165) is 0 Å². The number of hydrogen-bond acceptors (Lipinski definition) is 7. The number of carbonyl (C=O) groups is 1. The third-order valence-corrected chi connectivity index (χ3v) is 3.77. The molecule has 0 saturated carbocycles. The van der Waals surface area contributed by atoms with E-state index in [-0.39, 0.29) is 11.3 Å². The molecule has 0 saturated heterocycles. The summed E-state index contributed by atoms with van der Waals surface area (Å²) < 4.78 is 10.3. The van der Waals surface area contributed by atoms with Gasteiger partial charge in [-0.2, -0.15) is 0 Å². The van der Waals surface area contributed by atoms with Gasteiger partial charge in [-0.25, -0.2) is 0 Å². The van der Waals surface area contributed by atoms with Crippen molar-refractivity contribution in [2.24, 2.45) is 4.99 Å². The summed E-state index contributed by atoms with van der Waals surface area (Å²) >= 11 is 0. The third-order valence-electron chi connectivity index (χ3n) is 3.77. The van der Waals surface area contributed by atoms with Crippen molar-refractivity contribution < 1.29 is 24.0 Å². The molecule has 142 valence electrons. The Morgan fingerprint density at radius 1 is 1.29 bits per heavy atom. The highest BCUT2D eigenvalue weighted by molar-refractivity contribution is 6.03. The standard InChI is InChI=1S/C19H15N3O6/c1-27-17-10-13(7-8-14(17)21-19(24)16-6-3-9-28-16)20-11-12-4-2-5-15(18(12)23)22(25)26/h2-11,23H,1H3,(H,21,24). The summed E-state index contributed by atoms with van der Waals surface area (Å²) in [4.78, 5) is 26.5. The Morgan fingerprint density at radius 3 is 2.79 bits per heavy atom. The van der Waals surface area contributed by atoms with Crippen LogP contribution >= 0.6 is 0 Å². The van der Waals surface area contributed by atoms with Gasteiger partial charge < -0.3 is 19.6 Å². The van der Waals surface area contributed by atoms with Crippen molar-refractivity contribution in [3.63, 3.8) is 0 Å². The fourth-order valence-corrected chi connectivity index (χ4v) is 2.40. The van der Waals surface area contributed by atoms with Crippen molar-refractivity contribution in [2.45, 2.75) is 0 Å². The monoisotopic (exact) mass is 381 g/mol. The molecular weight excluding hydrogens is 366 g/mol. The lowest BCUT2D eigenvalue weighted by Crippen LogP contribution is -2.11. The number of furan rings is 1. The van der Waals surface area contributed by atoms with Gasteiger partial charge in [0.05, 0.1) is 29.7 Å². The zero-order valence-corrected chi connectivity index (χ0v) is 14.7. The Morgan fingerprint density at radius 2 is 2.11 bits per heavy atom. The summed E-state index contributed by atoms with van der Waals surface area (Å²) in [7, 11) is 1.44. The van der Waals surface area contributed by atoms with E-state index in [9.17, 15) is 20.0 Å². The minimum atomic E-state index is -0.674. The summed E-state index contributed by atoms with van der Waals surface area (Å²) in [5.41, 5.74) is 0.667. The van der Waals surface area contributed by atoms with E-state index in [0.29, 0.717) is 17.1 Å². The van der Waals surface area contributed by atoms with Gasteiger partial charge in [0.2, 0.25) is 5.75 Å². The van der Waals surface area contributed by atoms with Gasteiger partial charge in [-0.15, -0.1) is 0 Å². The average Bonchev–Trinajstić information content (AvgIpc) is 3.22. The van der Waals surface area contributed by atoms with Crippen molar-refractivity contribution in [1.29, 1.82) is 0 Å². The number of carbonyl (C=O) groups excluding carboxylic acids is 1. The lowest BCUT2D eigenvalue weighted by Gasteiger charge is -2.10. The first-order chi connectivity index (χ1) is 13.5. The smallest absolute Gasteiger partial charge is 0.311 e. The number of amides is 1.